The van der Waals surface area contributed by atoms with E-state index >= 15 is 0 Å². The lowest BCUT2D eigenvalue weighted by molar-refractivity contribution is -0.359. The summed E-state index contributed by atoms with van der Waals surface area (Å²) in [7, 11) is 0. The van der Waals surface area contributed by atoms with E-state index in [-0.39, 0.29) is 18.9 Å². The quantitative estimate of drug-likeness (QED) is 0.0204. The number of ether oxygens (including phenoxy) is 4. The molecule has 83 heavy (non-hydrogen) atoms. The molecule has 0 aromatic rings. The van der Waals surface area contributed by atoms with Gasteiger partial charge in [-0.25, -0.2) is 0 Å². The molecule has 14 heteroatoms. The molecule has 2 heterocycles. The fourth-order valence-corrected chi connectivity index (χ4v) is 11.5. The Morgan fingerprint density at radius 2 is 0.795 bits per heavy atom. The molecule has 12 unspecified atom stereocenters. The molecule has 12 atom stereocenters. The van der Waals surface area contributed by atoms with Gasteiger partial charge < -0.3 is 65.1 Å². The molecule has 2 rings (SSSR count). The number of hydrogen-bond acceptors (Lipinski definition) is 13. The van der Waals surface area contributed by atoms with Crippen LogP contribution in [0.2, 0.25) is 0 Å². The predicted molar refractivity (Wildman–Crippen MR) is 337 cm³/mol. The molecule has 0 aromatic heterocycles. The average molecular weight is 1180 g/mol. The van der Waals surface area contributed by atoms with Gasteiger partial charge in [0.15, 0.2) is 12.6 Å². The molecule has 488 valence electrons. The predicted octanol–water partition coefficient (Wildman–Crippen LogP) is 13.7. The second kappa shape index (κ2) is 54.4. The molecule has 0 saturated carbocycles. The Labute approximate surface area is 506 Å². The van der Waals surface area contributed by atoms with Gasteiger partial charge in [-0.15, -0.1) is 0 Å². The fourth-order valence-electron chi connectivity index (χ4n) is 11.5. The van der Waals surface area contributed by atoms with Gasteiger partial charge in [0.25, 0.3) is 0 Å². The standard InChI is InChI=1S/C69H129NO13/c1-3-5-7-9-11-13-15-17-19-21-23-24-25-26-27-28-29-30-31-32-33-34-35-36-38-40-42-44-46-48-50-52-58(73)57(70-61(74)53-51-49-47-45-43-41-39-37-22-20-18-16-14-12-10-8-6-4-2)56-80-68-66(79)64(77)67(60(55-72)82-68)83-69-65(78)63(76)62(75)59(54-71)81-69/h14,16,20,22,50,52,57-60,62-69,71-73,75-79H,3-13,15,17-19,21,23-49,51,53-56H2,1-2H3,(H,70,74)/b16-14-,22-20-,52-50+. The summed E-state index contributed by atoms with van der Waals surface area (Å²) in [5.41, 5.74) is 0. The van der Waals surface area contributed by atoms with Gasteiger partial charge in [-0.05, 0) is 51.4 Å². The normalized spacial score (nSPS) is 24.0. The summed E-state index contributed by atoms with van der Waals surface area (Å²) >= 11 is 0. The van der Waals surface area contributed by atoms with E-state index in [1.165, 1.54) is 218 Å². The monoisotopic (exact) mass is 1180 g/mol. The van der Waals surface area contributed by atoms with Crippen LogP contribution < -0.4 is 5.32 Å². The first kappa shape index (κ1) is 77.3. The third-order valence-corrected chi connectivity index (χ3v) is 17.1. The lowest BCUT2D eigenvalue weighted by atomic mass is 9.97. The van der Waals surface area contributed by atoms with Crippen LogP contribution >= 0.6 is 0 Å². The lowest BCUT2D eigenvalue weighted by Gasteiger charge is -2.46. The van der Waals surface area contributed by atoms with Crippen LogP contribution in [0.15, 0.2) is 36.5 Å². The molecule has 0 aliphatic carbocycles. The van der Waals surface area contributed by atoms with E-state index in [9.17, 15) is 45.6 Å². The Morgan fingerprint density at radius 1 is 0.434 bits per heavy atom. The minimum atomic E-state index is -1.79. The molecule has 2 saturated heterocycles. The summed E-state index contributed by atoms with van der Waals surface area (Å²) in [5.74, 6) is -0.244. The van der Waals surface area contributed by atoms with Crippen LogP contribution in [0, 0.1) is 0 Å². The second-order valence-electron chi connectivity index (χ2n) is 24.7. The van der Waals surface area contributed by atoms with Crippen molar-refractivity contribution in [1.29, 1.82) is 0 Å². The third kappa shape index (κ3) is 39.0. The van der Waals surface area contributed by atoms with Crippen molar-refractivity contribution in [1.82, 2.24) is 5.32 Å². The SMILES string of the molecule is CCCCCC/C=C\C/C=C\CCCCCCCCCC(=O)NC(COC1OC(CO)C(OC2OC(CO)C(O)C(O)C2O)C(O)C1O)C(O)/C=C/CCCCCCCCCCCCCCCCCCCCCCCCCCCCCCC. The topological polar surface area (TPSA) is 228 Å². The van der Waals surface area contributed by atoms with Crippen LogP contribution in [0.25, 0.3) is 0 Å². The third-order valence-electron chi connectivity index (χ3n) is 17.1. The molecular weight excluding hydrogens is 1050 g/mol. The van der Waals surface area contributed by atoms with Gasteiger partial charge in [-0.3, -0.25) is 4.79 Å². The van der Waals surface area contributed by atoms with Gasteiger partial charge >= 0.3 is 0 Å². The Kier molecular flexibility index (Phi) is 50.6. The Hall–Kier alpha value is -1.79. The highest BCUT2D eigenvalue weighted by Crippen LogP contribution is 2.30. The van der Waals surface area contributed by atoms with Crippen molar-refractivity contribution in [3.8, 4) is 0 Å². The number of rotatable bonds is 57. The zero-order valence-corrected chi connectivity index (χ0v) is 53.0. The number of carbonyl (C=O) groups is 1. The van der Waals surface area contributed by atoms with E-state index < -0.39 is 86.8 Å². The molecule has 0 aromatic carbocycles. The average Bonchev–Trinajstić information content (AvgIpc) is 3.65. The van der Waals surface area contributed by atoms with E-state index in [0.29, 0.717) is 6.42 Å². The largest absolute Gasteiger partial charge is 0.394 e. The maximum absolute atomic E-state index is 13.3. The number of aliphatic hydroxyl groups is 8. The Bertz CT molecular complexity index is 1530. The molecule has 2 fully saturated rings. The van der Waals surface area contributed by atoms with Crippen molar-refractivity contribution in [3.63, 3.8) is 0 Å². The number of allylic oxidation sites excluding steroid dienone is 5. The van der Waals surface area contributed by atoms with Crippen LogP contribution in [0.4, 0.5) is 0 Å². The van der Waals surface area contributed by atoms with Crippen LogP contribution in [0.1, 0.15) is 303 Å². The van der Waals surface area contributed by atoms with Gasteiger partial charge in [0.05, 0.1) is 32.0 Å². The van der Waals surface area contributed by atoms with Crippen molar-refractivity contribution in [2.45, 2.75) is 376 Å². The van der Waals surface area contributed by atoms with Gasteiger partial charge in [0, 0.05) is 6.42 Å². The number of hydrogen-bond donors (Lipinski definition) is 9. The van der Waals surface area contributed by atoms with Crippen LogP contribution in [-0.4, -0.2) is 140 Å². The summed E-state index contributed by atoms with van der Waals surface area (Å²) < 4.78 is 22.8. The Morgan fingerprint density at radius 3 is 1.22 bits per heavy atom. The summed E-state index contributed by atoms with van der Waals surface area (Å²) in [5, 5.41) is 87.4. The summed E-state index contributed by atoms with van der Waals surface area (Å²) in [4.78, 5) is 13.3. The minimum Gasteiger partial charge on any atom is -0.394 e. The first-order chi connectivity index (χ1) is 40.6. The van der Waals surface area contributed by atoms with Crippen LogP contribution in [0.5, 0.6) is 0 Å². The number of carbonyl (C=O) groups excluding carboxylic acids is 1. The van der Waals surface area contributed by atoms with Crippen molar-refractivity contribution >= 4 is 5.91 Å². The van der Waals surface area contributed by atoms with Crippen molar-refractivity contribution < 1.29 is 64.6 Å². The molecule has 14 nitrogen and oxygen atoms in total. The molecule has 0 radical (unpaired) electrons. The van der Waals surface area contributed by atoms with E-state index in [1.54, 1.807) is 6.08 Å². The Balaban J connectivity index is 1.67. The molecule has 2 aliphatic heterocycles. The van der Waals surface area contributed by atoms with Gasteiger partial charge in [0.1, 0.15) is 48.8 Å². The highest BCUT2D eigenvalue weighted by molar-refractivity contribution is 5.76. The highest BCUT2D eigenvalue weighted by atomic mass is 16.7. The summed E-state index contributed by atoms with van der Waals surface area (Å²) in [6.07, 6.45) is 52.0. The van der Waals surface area contributed by atoms with Crippen LogP contribution in [0.3, 0.4) is 0 Å². The second-order valence-corrected chi connectivity index (χ2v) is 24.7. The minimum absolute atomic E-state index is 0.244. The van der Waals surface area contributed by atoms with Crippen molar-refractivity contribution in [2.75, 3.05) is 19.8 Å². The molecule has 0 spiro atoms. The molecule has 2 aliphatic rings. The maximum Gasteiger partial charge on any atom is 0.220 e. The number of aliphatic hydroxyl groups excluding tert-OH is 8. The van der Waals surface area contributed by atoms with E-state index in [1.807, 2.05) is 6.08 Å². The van der Waals surface area contributed by atoms with Crippen LogP contribution in [-0.2, 0) is 23.7 Å². The molecular formula is C69H129NO13. The lowest BCUT2D eigenvalue weighted by Crippen LogP contribution is -2.65. The first-order valence-electron chi connectivity index (χ1n) is 34.7. The van der Waals surface area contributed by atoms with Gasteiger partial charge in [-0.2, -0.15) is 0 Å². The van der Waals surface area contributed by atoms with E-state index in [2.05, 4.69) is 43.5 Å². The van der Waals surface area contributed by atoms with Gasteiger partial charge in [-0.1, -0.05) is 281 Å². The van der Waals surface area contributed by atoms with Crippen molar-refractivity contribution in [3.05, 3.63) is 36.5 Å². The summed E-state index contributed by atoms with van der Waals surface area (Å²) in [6.45, 7) is 2.81. The zero-order valence-electron chi connectivity index (χ0n) is 53.0. The smallest absolute Gasteiger partial charge is 0.220 e. The zero-order chi connectivity index (χ0) is 60.2. The number of amides is 1. The van der Waals surface area contributed by atoms with Gasteiger partial charge in [0.2, 0.25) is 5.91 Å². The van der Waals surface area contributed by atoms with E-state index in [4.69, 9.17) is 18.9 Å². The fraction of sp³-hybridized carbons (Fsp3) is 0.899. The van der Waals surface area contributed by atoms with Crippen molar-refractivity contribution in [2.24, 2.45) is 0 Å². The molecule has 1 amide bonds. The number of nitrogens with one attached hydrogen (secondary N) is 1. The maximum atomic E-state index is 13.3. The molecule has 0 bridgehead atoms. The van der Waals surface area contributed by atoms with E-state index in [0.717, 1.165) is 57.8 Å². The molecule has 9 N–H and O–H groups in total. The highest BCUT2D eigenvalue weighted by Gasteiger charge is 2.51. The number of unbranched alkanes of at least 4 members (excludes halogenated alkanes) is 40. The summed E-state index contributed by atoms with van der Waals surface area (Å²) in [6, 6.07) is -0.920. The first-order valence-corrected chi connectivity index (χ1v) is 34.7.